The van der Waals surface area contributed by atoms with Crippen LogP contribution in [0.25, 0.3) is 11.1 Å². The summed E-state index contributed by atoms with van der Waals surface area (Å²) in [5.41, 5.74) is 7.62. The number of imide groups is 1. The number of rotatable bonds is 16. The molecule has 13 heteroatoms. The first-order valence-corrected chi connectivity index (χ1v) is 17.1. The molecular formula is C38H47F2N5O6. The molecular weight excluding hydrogens is 660 g/mol. The molecule has 0 radical (unpaired) electrons. The average Bonchev–Trinajstić information content (AvgIpc) is 3.59. The van der Waals surface area contributed by atoms with Gasteiger partial charge >= 0.3 is 0 Å². The molecule has 51 heavy (non-hydrogen) atoms. The lowest BCUT2D eigenvalue weighted by molar-refractivity contribution is -0.142. The number of likely N-dealkylation sites (tertiary alicyclic amines) is 1. The summed E-state index contributed by atoms with van der Waals surface area (Å²) in [5.74, 6) is -3.77. The van der Waals surface area contributed by atoms with Gasteiger partial charge < -0.3 is 25.6 Å². The standard InChI is InChI=1S/C38H47F2N5O6/c1-24-17-33(48)45(37(24)51)22-28(47)11-8-15-42-36(50)31(41)14-16-44(34(49)23-46)35(38(2,3)4)32-18-26(29-19-27(39)12-13-30(29)40)21-43(32)20-25-9-6-5-7-10-25/h5-7,9-10,12-13,18-19,21,24,31,35,46H,8,11,14-17,20,22-23,41H2,1-4H3,(H,42,50)/t24?,31-,35-/m0/s1. The van der Waals surface area contributed by atoms with Gasteiger partial charge in [-0.05, 0) is 48.1 Å². The summed E-state index contributed by atoms with van der Waals surface area (Å²) in [6.45, 7) is 6.79. The zero-order chi connectivity index (χ0) is 37.5. The molecule has 4 rings (SSSR count). The van der Waals surface area contributed by atoms with Crippen molar-refractivity contribution in [3.8, 4) is 11.1 Å². The molecule has 1 aliphatic heterocycles. The van der Waals surface area contributed by atoms with Crippen molar-refractivity contribution in [1.29, 1.82) is 0 Å². The van der Waals surface area contributed by atoms with Gasteiger partial charge in [-0.1, -0.05) is 58.0 Å². The van der Waals surface area contributed by atoms with E-state index in [1.807, 2.05) is 55.7 Å². The molecule has 0 bridgehead atoms. The molecule has 1 fully saturated rings. The number of nitrogens with zero attached hydrogens (tertiary/aromatic N) is 3. The Bertz CT molecular complexity index is 1740. The van der Waals surface area contributed by atoms with Crippen LogP contribution in [0.5, 0.6) is 0 Å². The number of halogens is 2. The number of benzene rings is 2. The smallest absolute Gasteiger partial charge is 0.248 e. The lowest BCUT2D eigenvalue weighted by atomic mass is 9.82. The Morgan fingerprint density at radius 2 is 1.78 bits per heavy atom. The number of hydrogen-bond donors (Lipinski definition) is 3. The zero-order valence-electron chi connectivity index (χ0n) is 29.5. The third-order valence-electron chi connectivity index (χ3n) is 8.99. The van der Waals surface area contributed by atoms with Crippen LogP contribution < -0.4 is 11.1 Å². The minimum atomic E-state index is -1.04. The van der Waals surface area contributed by atoms with Crippen LogP contribution in [0.2, 0.25) is 0 Å². The molecule has 274 valence electrons. The second-order valence-electron chi connectivity index (χ2n) is 14.2. The topological polar surface area (TPSA) is 155 Å². The third kappa shape index (κ3) is 9.95. The molecule has 3 atom stereocenters. The average molecular weight is 708 g/mol. The van der Waals surface area contributed by atoms with Crippen LogP contribution in [0.4, 0.5) is 8.78 Å². The number of carbonyl (C=O) groups is 5. The van der Waals surface area contributed by atoms with Crippen LogP contribution in [-0.2, 0) is 30.5 Å². The van der Waals surface area contributed by atoms with Gasteiger partial charge in [0.25, 0.3) is 0 Å². The second-order valence-corrected chi connectivity index (χ2v) is 14.2. The molecule has 4 N–H and O–H groups in total. The summed E-state index contributed by atoms with van der Waals surface area (Å²) in [7, 11) is 0. The van der Waals surface area contributed by atoms with Crippen LogP contribution >= 0.6 is 0 Å². The van der Waals surface area contributed by atoms with E-state index in [-0.39, 0.29) is 68.5 Å². The second kappa shape index (κ2) is 17.0. The van der Waals surface area contributed by atoms with Crippen LogP contribution in [0, 0.1) is 23.0 Å². The zero-order valence-corrected chi connectivity index (χ0v) is 29.5. The SMILES string of the molecule is CC1CC(=O)N(CC(=O)CCCNC(=O)[C@@H](N)CCN(C(=O)CO)[C@@H](c2cc(-c3cc(F)ccc3F)cn2Cc2ccccc2)C(C)(C)C)C1=O. The molecule has 0 spiro atoms. The van der Waals surface area contributed by atoms with Crippen molar-refractivity contribution in [2.24, 2.45) is 17.1 Å². The molecule has 0 saturated carbocycles. The number of hydrogen-bond acceptors (Lipinski definition) is 7. The van der Waals surface area contributed by atoms with Crippen molar-refractivity contribution in [2.45, 2.75) is 72.0 Å². The summed E-state index contributed by atoms with van der Waals surface area (Å²) in [5, 5.41) is 12.7. The van der Waals surface area contributed by atoms with Gasteiger partial charge in [0.1, 0.15) is 18.2 Å². The van der Waals surface area contributed by atoms with E-state index in [9.17, 15) is 37.9 Å². The van der Waals surface area contributed by atoms with Crippen molar-refractivity contribution in [3.05, 3.63) is 83.7 Å². The summed E-state index contributed by atoms with van der Waals surface area (Å²) >= 11 is 0. The van der Waals surface area contributed by atoms with Gasteiger partial charge in [-0.3, -0.25) is 28.9 Å². The maximum atomic E-state index is 15.0. The fraction of sp³-hybridized carbons (Fsp3) is 0.447. The van der Waals surface area contributed by atoms with Crippen molar-refractivity contribution >= 4 is 29.4 Å². The van der Waals surface area contributed by atoms with E-state index in [1.54, 1.807) is 19.2 Å². The highest BCUT2D eigenvalue weighted by molar-refractivity contribution is 6.05. The number of amides is 4. The molecule has 1 aliphatic rings. The normalized spacial score (nSPS) is 15.9. The summed E-state index contributed by atoms with van der Waals surface area (Å²) < 4.78 is 31.1. The molecule has 3 aromatic rings. The Hall–Kier alpha value is -4.75. The Balaban J connectivity index is 1.49. The first-order chi connectivity index (χ1) is 24.1. The molecule has 2 heterocycles. The number of ketones is 1. The molecule has 1 saturated heterocycles. The van der Waals surface area contributed by atoms with Gasteiger partial charge in [0, 0.05) is 61.4 Å². The lowest BCUT2D eigenvalue weighted by Crippen LogP contribution is -2.47. The van der Waals surface area contributed by atoms with Crippen molar-refractivity contribution < 1.29 is 37.9 Å². The highest BCUT2D eigenvalue weighted by Crippen LogP contribution is 2.41. The minimum Gasteiger partial charge on any atom is -0.387 e. The van der Waals surface area contributed by atoms with Crippen molar-refractivity contribution in [2.75, 3.05) is 26.2 Å². The van der Waals surface area contributed by atoms with E-state index in [2.05, 4.69) is 5.32 Å². The van der Waals surface area contributed by atoms with Gasteiger partial charge in [-0.25, -0.2) is 8.78 Å². The van der Waals surface area contributed by atoms with Gasteiger partial charge in [0.05, 0.1) is 18.6 Å². The first-order valence-electron chi connectivity index (χ1n) is 17.1. The number of nitrogens with two attached hydrogens (primary N) is 1. The number of Topliss-reactive ketones (excluding diaryl/α,β-unsaturated/α-hetero) is 1. The predicted octanol–water partition coefficient (Wildman–Crippen LogP) is 3.97. The van der Waals surface area contributed by atoms with E-state index in [4.69, 9.17) is 5.73 Å². The molecule has 11 nitrogen and oxygen atoms in total. The van der Waals surface area contributed by atoms with Crippen LogP contribution in [0.1, 0.15) is 70.7 Å². The lowest BCUT2D eigenvalue weighted by Gasteiger charge is -2.41. The van der Waals surface area contributed by atoms with E-state index < -0.39 is 53.5 Å². The monoisotopic (exact) mass is 707 g/mol. The molecule has 2 aromatic carbocycles. The summed E-state index contributed by atoms with van der Waals surface area (Å²) in [4.78, 5) is 65.2. The number of nitrogens with one attached hydrogen (secondary N) is 1. The summed E-state index contributed by atoms with van der Waals surface area (Å²) in [6, 6.07) is 12.7. The largest absolute Gasteiger partial charge is 0.387 e. The minimum absolute atomic E-state index is 0.00903. The van der Waals surface area contributed by atoms with Gasteiger partial charge in [0.15, 0.2) is 5.78 Å². The fourth-order valence-corrected chi connectivity index (χ4v) is 6.41. The van der Waals surface area contributed by atoms with E-state index >= 15 is 0 Å². The molecule has 4 amide bonds. The Kier molecular flexibility index (Phi) is 13.0. The molecule has 1 unspecified atom stereocenters. The van der Waals surface area contributed by atoms with E-state index in [0.29, 0.717) is 17.8 Å². The van der Waals surface area contributed by atoms with Crippen LogP contribution in [0.15, 0.2) is 60.8 Å². The number of aliphatic hydroxyl groups excluding tert-OH is 1. The quantitative estimate of drug-likeness (QED) is 0.150. The van der Waals surface area contributed by atoms with E-state index in [1.165, 1.54) is 4.90 Å². The predicted molar refractivity (Wildman–Crippen MR) is 187 cm³/mol. The van der Waals surface area contributed by atoms with Crippen LogP contribution in [0.3, 0.4) is 0 Å². The Morgan fingerprint density at radius 1 is 1.08 bits per heavy atom. The van der Waals surface area contributed by atoms with Gasteiger partial charge in [0.2, 0.25) is 23.6 Å². The third-order valence-corrected chi connectivity index (χ3v) is 8.99. The fourth-order valence-electron chi connectivity index (χ4n) is 6.41. The van der Waals surface area contributed by atoms with Crippen LogP contribution in [-0.4, -0.2) is 81.2 Å². The number of carbonyl (C=O) groups excluding carboxylic acids is 5. The Labute approximate surface area is 296 Å². The maximum Gasteiger partial charge on any atom is 0.248 e. The summed E-state index contributed by atoms with van der Waals surface area (Å²) in [6.07, 6.45) is 2.17. The van der Waals surface area contributed by atoms with Crippen molar-refractivity contribution in [1.82, 2.24) is 19.7 Å². The first kappa shape index (κ1) is 39.0. The maximum absolute atomic E-state index is 15.0. The number of aliphatic hydroxyl groups is 1. The Morgan fingerprint density at radius 3 is 2.41 bits per heavy atom. The van der Waals surface area contributed by atoms with Gasteiger partial charge in [-0.2, -0.15) is 0 Å². The molecule has 0 aliphatic carbocycles. The highest BCUT2D eigenvalue weighted by Gasteiger charge is 2.38. The van der Waals surface area contributed by atoms with E-state index in [0.717, 1.165) is 28.7 Å². The van der Waals surface area contributed by atoms with Crippen molar-refractivity contribution in [3.63, 3.8) is 0 Å². The highest BCUT2D eigenvalue weighted by atomic mass is 19.1. The number of aromatic nitrogens is 1. The van der Waals surface area contributed by atoms with Gasteiger partial charge in [-0.15, -0.1) is 0 Å². The molecule has 1 aromatic heterocycles.